The molecule has 0 heterocycles. The normalized spacial score (nSPS) is 11.2. The Hall–Kier alpha value is -0.110. The minimum absolute atomic E-state index is 0. The van der Waals surface area contributed by atoms with Crippen molar-refractivity contribution >= 4 is 0 Å². The van der Waals surface area contributed by atoms with Crippen LogP contribution in [0.3, 0.4) is 0 Å². The Bertz CT molecular complexity index is 121. The van der Waals surface area contributed by atoms with E-state index in [4.69, 9.17) is 0 Å². The Morgan fingerprint density at radius 3 is 1.19 bits per heavy atom. The summed E-state index contributed by atoms with van der Waals surface area (Å²) in [6, 6.07) is 0. The molecule has 0 spiro atoms. The Morgan fingerprint density at radius 2 is 0.938 bits per heavy atom. The zero-order chi connectivity index (χ0) is 11.6. The topological polar surface area (TPSA) is 0 Å². The van der Waals surface area contributed by atoms with Gasteiger partial charge in [-0.25, -0.2) is 0 Å². The van der Waals surface area contributed by atoms with E-state index in [1.165, 1.54) is 69.2 Å². The molecule has 100 valence electrons. The Balaban J connectivity index is 0. The SMILES string of the molecule is CCCC[N+](CCC)(CCC)CCCC.[F-]. The van der Waals surface area contributed by atoms with Crippen molar-refractivity contribution in [3.05, 3.63) is 0 Å². The first kappa shape index (κ1) is 18.3. The van der Waals surface area contributed by atoms with E-state index in [9.17, 15) is 0 Å². The Kier molecular flexibility index (Phi) is 13.0. The van der Waals surface area contributed by atoms with Crippen molar-refractivity contribution in [3.8, 4) is 0 Å². The van der Waals surface area contributed by atoms with E-state index in [1.807, 2.05) is 0 Å². The first-order valence-corrected chi connectivity index (χ1v) is 7.09. The summed E-state index contributed by atoms with van der Waals surface area (Å²) in [5.41, 5.74) is 0. The van der Waals surface area contributed by atoms with Crippen LogP contribution in [-0.4, -0.2) is 30.7 Å². The Morgan fingerprint density at radius 1 is 0.562 bits per heavy atom. The average Bonchev–Trinajstić information content (AvgIpc) is 2.24. The third-order valence-electron chi connectivity index (χ3n) is 3.37. The molecule has 0 bridgehead atoms. The van der Waals surface area contributed by atoms with Crippen LogP contribution in [0.5, 0.6) is 0 Å². The molecular formula is C14H32FN. The van der Waals surface area contributed by atoms with E-state index in [0.717, 1.165) is 0 Å². The fraction of sp³-hybridized carbons (Fsp3) is 1.00. The van der Waals surface area contributed by atoms with Gasteiger partial charge in [0.2, 0.25) is 0 Å². The number of halogens is 1. The van der Waals surface area contributed by atoms with Crippen molar-refractivity contribution < 1.29 is 9.19 Å². The van der Waals surface area contributed by atoms with Crippen LogP contribution >= 0.6 is 0 Å². The lowest BCUT2D eigenvalue weighted by Gasteiger charge is -2.39. The van der Waals surface area contributed by atoms with Crippen molar-refractivity contribution in [2.75, 3.05) is 26.2 Å². The first-order valence-electron chi connectivity index (χ1n) is 7.09. The summed E-state index contributed by atoms with van der Waals surface area (Å²) >= 11 is 0. The van der Waals surface area contributed by atoms with Crippen LogP contribution in [0, 0.1) is 0 Å². The van der Waals surface area contributed by atoms with Gasteiger partial charge in [0.1, 0.15) is 0 Å². The molecule has 0 saturated heterocycles. The third kappa shape index (κ3) is 7.21. The second-order valence-electron chi connectivity index (χ2n) is 4.94. The quantitative estimate of drug-likeness (QED) is 0.498. The summed E-state index contributed by atoms with van der Waals surface area (Å²) in [7, 11) is 0. The third-order valence-corrected chi connectivity index (χ3v) is 3.37. The summed E-state index contributed by atoms with van der Waals surface area (Å²) in [4.78, 5) is 0. The lowest BCUT2D eigenvalue weighted by atomic mass is 10.1. The van der Waals surface area contributed by atoms with Gasteiger partial charge < -0.3 is 9.19 Å². The molecule has 0 aromatic carbocycles. The van der Waals surface area contributed by atoms with Crippen LogP contribution in [0.4, 0.5) is 0 Å². The number of nitrogens with zero attached hydrogens (tertiary/aromatic N) is 1. The number of quaternary nitrogens is 1. The number of hydrogen-bond donors (Lipinski definition) is 0. The molecule has 0 aromatic heterocycles. The molecule has 0 saturated carbocycles. The second-order valence-corrected chi connectivity index (χ2v) is 4.94. The van der Waals surface area contributed by atoms with E-state index >= 15 is 0 Å². The standard InChI is InChI=1S/C14H32N.FH/c1-5-9-13-15(11-7-3,12-8-4)14-10-6-2;/h5-14H2,1-4H3;1H/q+1;/p-1. The molecule has 0 fully saturated rings. The summed E-state index contributed by atoms with van der Waals surface area (Å²) in [5.74, 6) is 0. The van der Waals surface area contributed by atoms with Gasteiger partial charge in [-0.05, 0) is 25.7 Å². The highest BCUT2D eigenvalue weighted by Gasteiger charge is 2.23. The lowest BCUT2D eigenvalue weighted by molar-refractivity contribution is -0.928. The molecule has 0 unspecified atom stereocenters. The zero-order valence-corrected chi connectivity index (χ0v) is 11.9. The van der Waals surface area contributed by atoms with Crippen molar-refractivity contribution in [1.82, 2.24) is 0 Å². The second kappa shape index (κ2) is 11.4. The van der Waals surface area contributed by atoms with Crippen LogP contribution in [-0.2, 0) is 0 Å². The minimum atomic E-state index is 0. The van der Waals surface area contributed by atoms with Gasteiger partial charge in [-0.3, -0.25) is 0 Å². The molecule has 0 atom stereocenters. The summed E-state index contributed by atoms with van der Waals surface area (Å²) in [6.07, 6.45) is 8.19. The van der Waals surface area contributed by atoms with Crippen molar-refractivity contribution in [1.29, 1.82) is 0 Å². The van der Waals surface area contributed by atoms with Gasteiger partial charge in [0, 0.05) is 0 Å². The molecule has 0 rings (SSSR count). The molecule has 1 nitrogen and oxygen atoms in total. The molecule has 0 aliphatic rings. The molecule has 0 N–H and O–H groups in total. The van der Waals surface area contributed by atoms with Gasteiger partial charge in [-0.2, -0.15) is 0 Å². The number of unbranched alkanes of at least 4 members (excludes halogenated alkanes) is 2. The van der Waals surface area contributed by atoms with Crippen molar-refractivity contribution in [3.63, 3.8) is 0 Å². The van der Waals surface area contributed by atoms with Gasteiger partial charge in [0.15, 0.2) is 0 Å². The van der Waals surface area contributed by atoms with E-state index in [1.54, 1.807) is 0 Å². The molecular weight excluding hydrogens is 201 g/mol. The van der Waals surface area contributed by atoms with Crippen LogP contribution in [0.25, 0.3) is 0 Å². The predicted molar refractivity (Wildman–Crippen MR) is 70.1 cm³/mol. The molecule has 0 aliphatic heterocycles. The van der Waals surface area contributed by atoms with E-state index in [0.29, 0.717) is 0 Å². The molecule has 0 amide bonds. The first-order chi connectivity index (χ1) is 7.24. The van der Waals surface area contributed by atoms with Crippen molar-refractivity contribution in [2.45, 2.75) is 66.2 Å². The van der Waals surface area contributed by atoms with Crippen LogP contribution in [0.15, 0.2) is 0 Å². The van der Waals surface area contributed by atoms with E-state index < -0.39 is 0 Å². The molecule has 2 heteroatoms. The fourth-order valence-electron chi connectivity index (χ4n) is 2.61. The molecule has 0 aromatic rings. The highest BCUT2D eigenvalue weighted by atomic mass is 19.0. The maximum atomic E-state index is 2.33. The predicted octanol–water partition coefficient (Wildman–Crippen LogP) is 1.23. The van der Waals surface area contributed by atoms with E-state index in [-0.39, 0.29) is 4.70 Å². The Labute approximate surface area is 102 Å². The molecule has 0 radical (unpaired) electrons. The van der Waals surface area contributed by atoms with E-state index in [2.05, 4.69) is 27.7 Å². The monoisotopic (exact) mass is 233 g/mol. The highest BCUT2D eigenvalue weighted by Crippen LogP contribution is 2.14. The smallest absolute Gasteiger partial charge is 0.0786 e. The summed E-state index contributed by atoms with van der Waals surface area (Å²) in [5, 5.41) is 0. The fourth-order valence-corrected chi connectivity index (χ4v) is 2.61. The van der Waals surface area contributed by atoms with Gasteiger partial charge in [-0.15, -0.1) is 0 Å². The summed E-state index contributed by atoms with van der Waals surface area (Å²) < 4.78 is 1.40. The number of hydrogen-bond acceptors (Lipinski definition) is 0. The average molecular weight is 233 g/mol. The summed E-state index contributed by atoms with van der Waals surface area (Å²) in [6.45, 7) is 14.9. The molecule has 16 heavy (non-hydrogen) atoms. The van der Waals surface area contributed by atoms with Gasteiger partial charge in [-0.1, -0.05) is 40.5 Å². The van der Waals surface area contributed by atoms with Crippen LogP contribution in [0.1, 0.15) is 66.2 Å². The van der Waals surface area contributed by atoms with Crippen LogP contribution in [0.2, 0.25) is 0 Å². The van der Waals surface area contributed by atoms with Gasteiger partial charge in [0.05, 0.1) is 26.2 Å². The highest BCUT2D eigenvalue weighted by molar-refractivity contribution is 4.46. The van der Waals surface area contributed by atoms with Crippen LogP contribution < -0.4 is 4.70 Å². The molecule has 0 aliphatic carbocycles. The van der Waals surface area contributed by atoms with Gasteiger partial charge >= 0.3 is 0 Å². The zero-order valence-electron chi connectivity index (χ0n) is 11.9. The van der Waals surface area contributed by atoms with Gasteiger partial charge in [0.25, 0.3) is 0 Å². The maximum Gasteiger partial charge on any atom is 0.0786 e. The maximum absolute atomic E-state index is 2.33. The number of rotatable bonds is 10. The van der Waals surface area contributed by atoms with Crippen molar-refractivity contribution in [2.24, 2.45) is 0 Å². The lowest BCUT2D eigenvalue weighted by Crippen LogP contribution is -3.00. The largest absolute Gasteiger partial charge is 1.00 e. The minimum Gasteiger partial charge on any atom is -1.00 e.